The van der Waals surface area contributed by atoms with E-state index in [9.17, 15) is 26.3 Å². The molecule has 4 nitrogen and oxygen atoms in total. The Hall–Kier alpha value is -1.58. The van der Waals surface area contributed by atoms with Crippen LogP contribution in [0.15, 0.2) is 0 Å². The van der Waals surface area contributed by atoms with Crippen LogP contribution in [0.25, 0.3) is 5.65 Å². The predicted molar refractivity (Wildman–Crippen MR) is 60.1 cm³/mol. The summed E-state index contributed by atoms with van der Waals surface area (Å²) in [5.41, 5.74) is 0.501. The van der Waals surface area contributed by atoms with Crippen molar-refractivity contribution in [3.8, 4) is 0 Å². The Balaban J connectivity index is 2.77. The zero-order chi connectivity index (χ0) is 16.2. The monoisotopic (exact) mass is 332 g/mol. The van der Waals surface area contributed by atoms with Crippen molar-refractivity contribution in [3.63, 3.8) is 0 Å². The molecule has 11 heteroatoms. The third-order valence-electron chi connectivity index (χ3n) is 2.97. The van der Waals surface area contributed by atoms with E-state index in [1.54, 1.807) is 0 Å². The van der Waals surface area contributed by atoms with E-state index < -0.39 is 24.1 Å². The fourth-order valence-corrected chi connectivity index (χ4v) is 1.99. The normalized spacial score (nSPS) is 13.4. The van der Waals surface area contributed by atoms with Gasteiger partial charge in [0.1, 0.15) is 0 Å². The first-order valence-electron chi connectivity index (χ1n) is 5.46. The van der Waals surface area contributed by atoms with Crippen LogP contribution in [0.1, 0.15) is 22.9 Å². The van der Waals surface area contributed by atoms with Crippen molar-refractivity contribution in [3.05, 3.63) is 22.1 Å². The van der Waals surface area contributed by atoms with E-state index in [4.69, 9.17) is 11.6 Å². The summed E-state index contributed by atoms with van der Waals surface area (Å²) >= 11 is 5.71. The molecule has 0 bridgehead atoms. The van der Waals surface area contributed by atoms with Gasteiger partial charge in [-0.2, -0.15) is 36.0 Å². The lowest BCUT2D eigenvalue weighted by atomic mass is 10.1. The average Bonchev–Trinajstić information content (AvgIpc) is 2.66. The van der Waals surface area contributed by atoms with Gasteiger partial charge in [-0.1, -0.05) is 11.6 Å². The highest BCUT2D eigenvalue weighted by Gasteiger charge is 2.60. The Bertz CT molecular complexity index is 675. The van der Waals surface area contributed by atoms with Gasteiger partial charge in [0, 0.05) is 5.56 Å². The van der Waals surface area contributed by atoms with Crippen LogP contribution in [0.2, 0.25) is 5.15 Å². The summed E-state index contributed by atoms with van der Waals surface area (Å²) < 4.78 is 76.7. The van der Waals surface area contributed by atoms with E-state index in [0.717, 1.165) is 0 Å². The smallest absolute Gasteiger partial charge is 0.195 e. The third kappa shape index (κ3) is 2.63. The minimum Gasteiger partial charge on any atom is -0.195 e. The second kappa shape index (κ2) is 4.72. The number of halogens is 7. The van der Waals surface area contributed by atoms with Gasteiger partial charge in [-0.15, -0.1) is 10.2 Å². The second-order valence-corrected chi connectivity index (χ2v) is 4.71. The average molecular weight is 333 g/mol. The molecule has 0 N–H and O–H groups in total. The van der Waals surface area contributed by atoms with Crippen LogP contribution in [0.5, 0.6) is 0 Å². The number of nitrogens with zero attached hydrogens (tertiary/aromatic N) is 4. The highest BCUT2D eigenvalue weighted by molar-refractivity contribution is 6.30. The van der Waals surface area contributed by atoms with Gasteiger partial charge in [0.05, 0.1) is 0 Å². The Morgan fingerprint density at radius 3 is 1.95 bits per heavy atom. The van der Waals surface area contributed by atoms with Gasteiger partial charge >= 0.3 is 12.4 Å². The summed E-state index contributed by atoms with van der Waals surface area (Å²) in [6, 6.07) is 0. The van der Waals surface area contributed by atoms with Crippen LogP contribution in [-0.4, -0.2) is 32.2 Å². The summed E-state index contributed by atoms with van der Waals surface area (Å²) in [6.07, 6.45) is -11.2. The summed E-state index contributed by atoms with van der Waals surface area (Å²) in [7, 11) is 0. The van der Waals surface area contributed by atoms with Crippen LogP contribution in [-0.2, 0) is 0 Å². The molecule has 0 atom stereocenters. The summed E-state index contributed by atoms with van der Waals surface area (Å²) in [5.74, 6) is -5.15. The number of hydrogen-bond acceptors (Lipinski definition) is 3. The van der Waals surface area contributed by atoms with Crippen molar-refractivity contribution in [2.75, 3.05) is 0 Å². The van der Waals surface area contributed by atoms with Crippen LogP contribution in [0.3, 0.4) is 0 Å². The molecule has 0 aromatic carbocycles. The Morgan fingerprint density at radius 2 is 1.48 bits per heavy atom. The minimum absolute atomic E-state index is 0.203. The van der Waals surface area contributed by atoms with Crippen LogP contribution in [0, 0.1) is 13.8 Å². The van der Waals surface area contributed by atoms with Gasteiger partial charge in [-0.05, 0) is 19.4 Å². The first-order valence-corrected chi connectivity index (χ1v) is 5.83. The van der Waals surface area contributed by atoms with E-state index in [2.05, 4.69) is 15.3 Å². The number of hydrogen-bond donors (Lipinski definition) is 0. The van der Waals surface area contributed by atoms with Gasteiger partial charge in [0.2, 0.25) is 5.92 Å². The maximum atomic E-state index is 12.7. The van der Waals surface area contributed by atoms with Gasteiger partial charge in [0.15, 0.2) is 16.6 Å². The lowest BCUT2D eigenvalue weighted by Gasteiger charge is -2.21. The number of rotatable bonds is 1. The molecule has 0 saturated carbocycles. The molecule has 0 saturated heterocycles. The molecular weight excluding hydrogens is 326 g/mol. The number of alkyl halides is 6. The second-order valence-electron chi connectivity index (χ2n) is 4.35. The summed E-state index contributed by atoms with van der Waals surface area (Å²) in [4.78, 5) is 0. The van der Waals surface area contributed by atoms with E-state index >= 15 is 0 Å². The molecule has 2 rings (SSSR count). The lowest BCUT2D eigenvalue weighted by molar-refractivity contribution is -0.255. The molecule has 0 amide bonds. The molecular formula is C10H7ClF6N4. The van der Waals surface area contributed by atoms with E-state index in [0.29, 0.717) is 15.6 Å². The Morgan fingerprint density at radius 1 is 0.952 bits per heavy atom. The topological polar surface area (TPSA) is 43.1 Å². The minimum atomic E-state index is -5.58. The molecule has 21 heavy (non-hydrogen) atoms. The number of aryl methyl sites for hydroxylation is 1. The van der Waals surface area contributed by atoms with Crippen LogP contribution < -0.4 is 0 Å². The molecule has 0 aliphatic heterocycles. The van der Waals surface area contributed by atoms with E-state index in [-0.39, 0.29) is 10.8 Å². The molecule has 2 heterocycles. The molecule has 0 fully saturated rings. The summed E-state index contributed by atoms with van der Waals surface area (Å²) in [6.45, 7) is 2.97. The molecule has 2 aromatic rings. The molecule has 0 radical (unpaired) electrons. The van der Waals surface area contributed by atoms with E-state index in [1.807, 2.05) is 0 Å². The zero-order valence-electron chi connectivity index (χ0n) is 10.5. The van der Waals surface area contributed by atoms with Gasteiger partial charge in [-0.3, -0.25) is 0 Å². The largest absolute Gasteiger partial charge is 0.407 e. The van der Waals surface area contributed by atoms with Crippen molar-refractivity contribution in [2.24, 2.45) is 0 Å². The highest BCUT2D eigenvalue weighted by atomic mass is 35.5. The van der Waals surface area contributed by atoms with Gasteiger partial charge < -0.3 is 0 Å². The molecule has 2 aromatic heterocycles. The SMILES string of the molecule is Cc1c(Cl)nn2c(C(C(F)(F)F)C(F)(F)F)nnc2c1C. The standard InChI is InChI=1S/C10H7ClF6N4/c1-3-4(2)7-18-19-8(21(7)20-6(3)11)5(9(12,13)14)10(15,16)17/h5H,1-2H3. The molecule has 116 valence electrons. The van der Waals surface area contributed by atoms with Crippen molar-refractivity contribution < 1.29 is 26.3 Å². The maximum absolute atomic E-state index is 12.7. The molecule has 0 aliphatic rings. The Labute approximate surface area is 118 Å². The van der Waals surface area contributed by atoms with Gasteiger partial charge in [-0.25, -0.2) is 0 Å². The Kier molecular flexibility index (Phi) is 3.55. The number of aromatic nitrogens is 4. The van der Waals surface area contributed by atoms with Crippen LogP contribution in [0.4, 0.5) is 26.3 Å². The molecule has 0 spiro atoms. The fourth-order valence-electron chi connectivity index (χ4n) is 1.77. The third-order valence-corrected chi connectivity index (χ3v) is 3.33. The van der Waals surface area contributed by atoms with Crippen molar-refractivity contribution >= 4 is 17.2 Å². The molecule has 0 unspecified atom stereocenters. The first-order chi connectivity index (χ1) is 9.44. The maximum Gasteiger partial charge on any atom is 0.407 e. The zero-order valence-corrected chi connectivity index (χ0v) is 11.3. The van der Waals surface area contributed by atoms with E-state index in [1.165, 1.54) is 13.8 Å². The highest BCUT2D eigenvalue weighted by Crippen LogP contribution is 2.45. The summed E-state index contributed by atoms with van der Waals surface area (Å²) in [5, 5.41) is 9.67. The van der Waals surface area contributed by atoms with Crippen molar-refractivity contribution in [1.82, 2.24) is 19.8 Å². The number of fused-ring (bicyclic) bond motifs is 1. The van der Waals surface area contributed by atoms with Crippen molar-refractivity contribution in [2.45, 2.75) is 32.1 Å². The lowest BCUT2D eigenvalue weighted by Crippen LogP contribution is -2.35. The van der Waals surface area contributed by atoms with Gasteiger partial charge in [0.25, 0.3) is 0 Å². The first kappa shape index (κ1) is 15.8. The van der Waals surface area contributed by atoms with Crippen LogP contribution >= 0.6 is 11.6 Å². The molecule has 0 aliphatic carbocycles. The van der Waals surface area contributed by atoms with Crippen molar-refractivity contribution in [1.29, 1.82) is 0 Å². The predicted octanol–water partition coefficient (Wildman–Crippen LogP) is 3.60. The fraction of sp³-hybridized carbons (Fsp3) is 0.500. The quantitative estimate of drug-likeness (QED) is 0.749.